The van der Waals surface area contributed by atoms with Gasteiger partial charge in [-0.2, -0.15) is 0 Å². The van der Waals surface area contributed by atoms with Crippen molar-refractivity contribution in [1.82, 2.24) is 9.47 Å². The van der Waals surface area contributed by atoms with Crippen LogP contribution in [0.1, 0.15) is 40.1 Å². The van der Waals surface area contributed by atoms with Crippen LogP contribution in [-0.4, -0.2) is 22.4 Å². The molecule has 1 aliphatic heterocycles. The highest BCUT2D eigenvalue weighted by molar-refractivity contribution is 6.00. The Kier molecular flexibility index (Phi) is 2.19. The van der Waals surface area contributed by atoms with Crippen LogP contribution in [-0.2, 0) is 7.05 Å². The first-order valence-corrected chi connectivity index (χ1v) is 5.35. The lowest BCUT2D eigenvalue weighted by atomic mass is 10.00. The summed E-state index contributed by atoms with van der Waals surface area (Å²) in [6.45, 7) is 5.57. The average molecular weight is 220 g/mol. The van der Waals surface area contributed by atoms with E-state index in [0.717, 1.165) is 11.3 Å². The second kappa shape index (κ2) is 3.20. The Morgan fingerprint density at radius 3 is 2.25 bits per heavy atom. The minimum absolute atomic E-state index is 0.00454. The fourth-order valence-corrected chi connectivity index (χ4v) is 2.41. The van der Waals surface area contributed by atoms with Crippen molar-refractivity contribution in [3.05, 3.63) is 32.7 Å². The van der Waals surface area contributed by atoms with Gasteiger partial charge in [-0.05, 0) is 26.3 Å². The van der Waals surface area contributed by atoms with Crippen LogP contribution in [0, 0.1) is 13.8 Å². The van der Waals surface area contributed by atoms with Gasteiger partial charge in [0.25, 0.3) is 11.5 Å². The van der Waals surface area contributed by atoms with Crippen LogP contribution >= 0.6 is 0 Å². The maximum atomic E-state index is 12.1. The quantitative estimate of drug-likeness (QED) is 0.658. The maximum Gasteiger partial charge on any atom is 0.256 e. The van der Waals surface area contributed by atoms with Crippen LogP contribution in [0.4, 0.5) is 0 Å². The average Bonchev–Trinajstić information content (AvgIpc) is 2.48. The van der Waals surface area contributed by atoms with E-state index in [1.54, 1.807) is 30.5 Å². The Morgan fingerprint density at radius 1 is 1.12 bits per heavy atom. The number of hydrogen-bond acceptors (Lipinski definition) is 2. The Labute approximate surface area is 94.5 Å². The van der Waals surface area contributed by atoms with Crippen molar-refractivity contribution in [2.45, 2.75) is 26.8 Å². The van der Waals surface area contributed by atoms with Gasteiger partial charge in [-0.1, -0.05) is 0 Å². The third-order valence-corrected chi connectivity index (χ3v) is 3.70. The fourth-order valence-electron chi connectivity index (χ4n) is 2.41. The number of amides is 1. The SMILES string of the molecule is Cc1c2c(c(C)n(C)c1=O)C(=O)N(C)C2C. The van der Waals surface area contributed by atoms with Crippen molar-refractivity contribution >= 4 is 5.91 Å². The molecule has 0 saturated carbocycles. The summed E-state index contributed by atoms with van der Waals surface area (Å²) in [6.07, 6.45) is 0. The Morgan fingerprint density at radius 2 is 1.69 bits per heavy atom. The monoisotopic (exact) mass is 220 g/mol. The molecule has 0 saturated heterocycles. The number of nitrogens with zero attached hydrogens (tertiary/aromatic N) is 2. The van der Waals surface area contributed by atoms with Crippen molar-refractivity contribution in [2.24, 2.45) is 7.05 Å². The van der Waals surface area contributed by atoms with Gasteiger partial charge >= 0.3 is 0 Å². The zero-order chi connectivity index (χ0) is 12.2. The molecule has 0 spiro atoms. The van der Waals surface area contributed by atoms with E-state index in [-0.39, 0.29) is 17.5 Å². The molecule has 0 aliphatic carbocycles. The van der Waals surface area contributed by atoms with Crippen LogP contribution < -0.4 is 5.56 Å². The topological polar surface area (TPSA) is 42.3 Å². The molecular formula is C12H16N2O2. The van der Waals surface area contributed by atoms with Crippen LogP contribution in [0.25, 0.3) is 0 Å². The molecule has 0 bridgehead atoms. The summed E-state index contributed by atoms with van der Waals surface area (Å²) in [5.74, 6) is 0.0127. The molecule has 4 heteroatoms. The summed E-state index contributed by atoms with van der Waals surface area (Å²) in [5, 5.41) is 0. The van der Waals surface area contributed by atoms with Gasteiger partial charge in [-0.15, -0.1) is 0 Å². The van der Waals surface area contributed by atoms with E-state index >= 15 is 0 Å². The zero-order valence-corrected chi connectivity index (χ0v) is 10.3. The molecule has 4 nitrogen and oxygen atoms in total. The van der Waals surface area contributed by atoms with Crippen molar-refractivity contribution < 1.29 is 4.79 Å². The molecule has 16 heavy (non-hydrogen) atoms. The zero-order valence-electron chi connectivity index (χ0n) is 10.3. The van der Waals surface area contributed by atoms with Gasteiger partial charge in [0, 0.05) is 25.4 Å². The number of hydrogen-bond donors (Lipinski definition) is 0. The summed E-state index contributed by atoms with van der Waals surface area (Å²) in [6, 6.07) is -0.00454. The van der Waals surface area contributed by atoms with Gasteiger partial charge in [-0.3, -0.25) is 9.59 Å². The standard InChI is InChI=1S/C12H16N2O2/c1-6-9-7(2)14(5)12(16)10(9)8(3)13(4)11(6)15/h7H,1-5H3. The van der Waals surface area contributed by atoms with Gasteiger partial charge in [0.05, 0.1) is 11.6 Å². The normalized spacial score (nSPS) is 19.2. The molecule has 0 N–H and O–H groups in total. The molecule has 1 aromatic heterocycles. The molecular weight excluding hydrogens is 204 g/mol. The fraction of sp³-hybridized carbons (Fsp3) is 0.500. The van der Waals surface area contributed by atoms with Gasteiger partial charge in [0.2, 0.25) is 0 Å². The van der Waals surface area contributed by atoms with Gasteiger partial charge in [0.15, 0.2) is 0 Å². The Hall–Kier alpha value is -1.58. The highest BCUT2D eigenvalue weighted by Crippen LogP contribution is 2.34. The highest BCUT2D eigenvalue weighted by Gasteiger charge is 2.35. The smallest absolute Gasteiger partial charge is 0.256 e. The van der Waals surface area contributed by atoms with E-state index in [2.05, 4.69) is 0 Å². The van der Waals surface area contributed by atoms with E-state index in [9.17, 15) is 9.59 Å². The summed E-state index contributed by atoms with van der Waals surface area (Å²) < 4.78 is 1.55. The van der Waals surface area contributed by atoms with Gasteiger partial charge in [0.1, 0.15) is 0 Å². The lowest BCUT2D eigenvalue weighted by Crippen LogP contribution is -2.25. The van der Waals surface area contributed by atoms with Crippen molar-refractivity contribution in [3.63, 3.8) is 0 Å². The number of rotatable bonds is 0. The van der Waals surface area contributed by atoms with Gasteiger partial charge in [-0.25, -0.2) is 0 Å². The minimum Gasteiger partial charge on any atom is -0.335 e. The first-order valence-electron chi connectivity index (χ1n) is 5.35. The number of fused-ring (bicyclic) bond motifs is 1. The summed E-state index contributed by atoms with van der Waals surface area (Å²) in [4.78, 5) is 25.7. The molecule has 0 aromatic carbocycles. The van der Waals surface area contributed by atoms with Crippen molar-refractivity contribution in [2.75, 3.05) is 7.05 Å². The number of pyridine rings is 1. The minimum atomic E-state index is -0.00815. The maximum absolute atomic E-state index is 12.1. The molecule has 1 amide bonds. The molecule has 2 rings (SSSR count). The van der Waals surface area contributed by atoms with Crippen LogP contribution in [0.15, 0.2) is 4.79 Å². The Bertz CT molecular complexity index is 543. The number of carbonyl (C=O) groups is 1. The lowest BCUT2D eigenvalue weighted by Gasteiger charge is -2.16. The van der Waals surface area contributed by atoms with E-state index < -0.39 is 0 Å². The molecule has 86 valence electrons. The molecule has 0 radical (unpaired) electrons. The second-order valence-electron chi connectivity index (χ2n) is 4.46. The molecule has 2 heterocycles. The predicted molar refractivity (Wildman–Crippen MR) is 61.7 cm³/mol. The predicted octanol–water partition coefficient (Wildman–Crippen LogP) is 1.15. The molecule has 0 fully saturated rings. The van der Waals surface area contributed by atoms with Gasteiger partial charge < -0.3 is 9.47 Å². The molecule has 1 aromatic rings. The van der Waals surface area contributed by atoms with E-state index in [0.29, 0.717) is 11.1 Å². The number of aromatic nitrogens is 1. The largest absolute Gasteiger partial charge is 0.335 e. The second-order valence-corrected chi connectivity index (χ2v) is 4.46. The lowest BCUT2D eigenvalue weighted by molar-refractivity contribution is 0.0783. The van der Waals surface area contributed by atoms with Crippen molar-refractivity contribution in [3.8, 4) is 0 Å². The third kappa shape index (κ3) is 1.10. The molecule has 1 unspecified atom stereocenters. The molecule has 1 atom stereocenters. The Balaban J connectivity index is 2.91. The summed E-state index contributed by atoms with van der Waals surface area (Å²) in [5.41, 5.74) is 3.04. The first-order chi connectivity index (χ1) is 7.37. The summed E-state index contributed by atoms with van der Waals surface area (Å²) in [7, 11) is 3.48. The van der Waals surface area contributed by atoms with E-state index in [1.165, 1.54) is 0 Å². The van der Waals surface area contributed by atoms with Crippen LogP contribution in [0.3, 0.4) is 0 Å². The third-order valence-electron chi connectivity index (χ3n) is 3.70. The summed E-state index contributed by atoms with van der Waals surface area (Å²) >= 11 is 0. The first kappa shape index (κ1) is 10.9. The molecule has 1 aliphatic rings. The van der Waals surface area contributed by atoms with E-state index in [1.807, 2.05) is 13.8 Å². The highest BCUT2D eigenvalue weighted by atomic mass is 16.2. The van der Waals surface area contributed by atoms with Crippen molar-refractivity contribution in [1.29, 1.82) is 0 Å². The number of carbonyl (C=O) groups excluding carboxylic acids is 1. The van der Waals surface area contributed by atoms with E-state index in [4.69, 9.17) is 0 Å². The van der Waals surface area contributed by atoms with Crippen LogP contribution in [0.5, 0.6) is 0 Å². The van der Waals surface area contributed by atoms with Crippen LogP contribution in [0.2, 0.25) is 0 Å².